The lowest BCUT2D eigenvalue weighted by Crippen LogP contribution is -2.03. The van der Waals surface area contributed by atoms with Gasteiger partial charge in [-0.1, -0.05) is 255 Å². The molecule has 0 heterocycles. The Kier molecular flexibility index (Phi) is 15.5. The zero-order valence-corrected chi connectivity index (χ0v) is 48.5. The van der Waals surface area contributed by atoms with Crippen molar-refractivity contribution in [2.75, 3.05) is 28.4 Å². The molecule has 414 valence electrons. The van der Waals surface area contributed by atoms with Gasteiger partial charge in [0.05, 0.1) is 28.4 Å². The second kappa shape index (κ2) is 24.5. The highest BCUT2D eigenvalue weighted by atomic mass is 16.5. The van der Waals surface area contributed by atoms with Crippen LogP contribution in [0, 0.1) is 0 Å². The fraction of sp³-hybridized carbons (Fsp3) is 0.0488. The molecule has 0 aliphatic carbocycles. The van der Waals surface area contributed by atoms with Gasteiger partial charge in [-0.25, -0.2) is 0 Å². The summed E-state index contributed by atoms with van der Waals surface area (Å²) in [6.45, 7) is 0. The minimum absolute atomic E-state index is 0.786. The van der Waals surface area contributed by atoms with Crippen LogP contribution in [0.2, 0.25) is 0 Å². The first-order valence-corrected chi connectivity index (χ1v) is 29.0. The molecule has 0 fully saturated rings. The molecule has 4 heteroatoms. The fourth-order valence-electron chi connectivity index (χ4n) is 12.4. The van der Waals surface area contributed by atoms with Gasteiger partial charge in [-0.2, -0.15) is 0 Å². The number of hydrogen-bond donors (Lipinski definition) is 0. The van der Waals surface area contributed by atoms with Gasteiger partial charge < -0.3 is 18.9 Å². The number of methoxy groups -OCH3 is 4. The summed E-state index contributed by atoms with van der Waals surface area (Å²) in [5.74, 6) is 3.15. The molecule has 0 bridgehead atoms. The summed E-state index contributed by atoms with van der Waals surface area (Å²) in [6, 6.07) is 109. The summed E-state index contributed by atoms with van der Waals surface area (Å²) in [5, 5.41) is 0. The Balaban J connectivity index is 1.21. The Bertz CT molecular complexity index is 4140. The molecule has 13 rings (SSSR count). The van der Waals surface area contributed by atoms with E-state index in [9.17, 15) is 0 Å². The topological polar surface area (TPSA) is 36.9 Å². The first-order valence-electron chi connectivity index (χ1n) is 29.0. The Morgan fingerprint density at radius 1 is 0.128 bits per heavy atom. The molecule has 0 aromatic heterocycles. The predicted molar refractivity (Wildman–Crippen MR) is 358 cm³/mol. The number of hydrogen-bond acceptors (Lipinski definition) is 4. The highest BCUT2D eigenvalue weighted by Gasteiger charge is 2.32. The summed E-state index contributed by atoms with van der Waals surface area (Å²) >= 11 is 0. The Hall–Kier alpha value is -10.9. The molecule has 0 radical (unpaired) electrons. The van der Waals surface area contributed by atoms with Crippen LogP contribution in [-0.4, -0.2) is 28.4 Å². The van der Waals surface area contributed by atoms with Crippen LogP contribution in [0.25, 0.3) is 134 Å². The quantitative estimate of drug-likeness (QED) is 0.0966. The lowest BCUT2D eigenvalue weighted by Gasteiger charge is -2.30. The molecular weight excluding hydrogens is 1050 g/mol. The largest absolute Gasteiger partial charge is 0.497 e. The van der Waals surface area contributed by atoms with E-state index in [1.54, 1.807) is 28.4 Å². The van der Waals surface area contributed by atoms with Gasteiger partial charge in [0.2, 0.25) is 0 Å². The van der Waals surface area contributed by atoms with E-state index in [0.29, 0.717) is 0 Å². The van der Waals surface area contributed by atoms with Crippen molar-refractivity contribution in [3.8, 4) is 157 Å². The highest BCUT2D eigenvalue weighted by Crippen LogP contribution is 2.59. The Morgan fingerprint density at radius 3 is 0.349 bits per heavy atom. The molecule has 0 N–H and O–H groups in total. The maximum atomic E-state index is 5.83. The fourth-order valence-corrected chi connectivity index (χ4v) is 12.4. The summed E-state index contributed by atoms with van der Waals surface area (Å²) < 4.78 is 23.3. The van der Waals surface area contributed by atoms with E-state index in [2.05, 4.69) is 303 Å². The van der Waals surface area contributed by atoms with E-state index >= 15 is 0 Å². The molecule has 13 aromatic rings. The van der Waals surface area contributed by atoms with Crippen molar-refractivity contribution >= 4 is 0 Å². The Labute approximate surface area is 504 Å². The van der Waals surface area contributed by atoms with Gasteiger partial charge in [-0.05, 0) is 182 Å². The maximum absolute atomic E-state index is 5.83. The minimum Gasteiger partial charge on any atom is -0.497 e. The molecule has 0 aliphatic heterocycles. The molecule has 0 spiro atoms. The normalized spacial score (nSPS) is 11.0. The summed E-state index contributed by atoms with van der Waals surface area (Å²) in [7, 11) is 6.89. The van der Waals surface area contributed by atoms with Gasteiger partial charge in [0.1, 0.15) is 23.0 Å². The van der Waals surface area contributed by atoms with Crippen LogP contribution in [-0.2, 0) is 0 Å². The molecule has 0 unspecified atom stereocenters. The standard InChI is InChI=1S/C82H62O4/c1-83-67-47-39-63(40-48-67)79-73(57-27-15-7-16-28-57)71(55-23-11-5-12-24-55)77(75(59-31-19-9-20-32-59)81(79)65-43-51-69(85-3)52-44-65)61-35-37-62(38-36-61)78-72(56-25-13-6-14-26-56)74(58-29-17-8-18-30-58)80(64-41-49-68(84-2)50-42-64)82(66-45-53-70(86-4)54-46-66)76(78)60-33-21-10-22-34-60/h5-54H,1-4H3. The Morgan fingerprint density at radius 2 is 0.233 bits per heavy atom. The van der Waals surface area contributed by atoms with Crippen molar-refractivity contribution in [3.05, 3.63) is 303 Å². The molecule has 13 aromatic carbocycles. The van der Waals surface area contributed by atoms with E-state index in [1.165, 1.54) is 0 Å². The van der Waals surface area contributed by atoms with Gasteiger partial charge in [0.15, 0.2) is 0 Å². The molecule has 0 aliphatic rings. The number of ether oxygens (including phenoxy) is 4. The van der Waals surface area contributed by atoms with E-state index in [1.807, 2.05) is 0 Å². The van der Waals surface area contributed by atoms with Crippen molar-refractivity contribution in [1.29, 1.82) is 0 Å². The van der Waals surface area contributed by atoms with Crippen LogP contribution in [0.5, 0.6) is 23.0 Å². The van der Waals surface area contributed by atoms with Crippen molar-refractivity contribution in [3.63, 3.8) is 0 Å². The molecule has 86 heavy (non-hydrogen) atoms. The molecule has 0 saturated carbocycles. The second-order valence-corrected chi connectivity index (χ2v) is 21.2. The molecule has 0 amide bonds. The molecule has 0 atom stereocenters. The van der Waals surface area contributed by atoms with Gasteiger partial charge in [0.25, 0.3) is 0 Å². The zero-order valence-electron chi connectivity index (χ0n) is 48.5. The van der Waals surface area contributed by atoms with Crippen LogP contribution >= 0.6 is 0 Å². The number of rotatable bonds is 16. The number of benzene rings is 13. The second-order valence-electron chi connectivity index (χ2n) is 21.2. The minimum atomic E-state index is 0.786. The van der Waals surface area contributed by atoms with E-state index < -0.39 is 0 Å². The van der Waals surface area contributed by atoms with Crippen molar-refractivity contribution in [2.24, 2.45) is 0 Å². The van der Waals surface area contributed by atoms with Gasteiger partial charge in [-0.3, -0.25) is 0 Å². The first-order chi connectivity index (χ1) is 42.5. The molecule has 0 saturated heterocycles. The van der Waals surface area contributed by atoms with E-state index in [0.717, 1.165) is 157 Å². The molecule has 4 nitrogen and oxygen atoms in total. The highest BCUT2D eigenvalue weighted by molar-refractivity contribution is 6.17. The van der Waals surface area contributed by atoms with E-state index in [4.69, 9.17) is 18.9 Å². The molecular formula is C82H62O4. The third-order valence-corrected chi connectivity index (χ3v) is 16.4. The zero-order chi connectivity index (χ0) is 58.3. The van der Waals surface area contributed by atoms with Gasteiger partial charge >= 0.3 is 0 Å². The van der Waals surface area contributed by atoms with Crippen LogP contribution < -0.4 is 18.9 Å². The SMILES string of the molecule is COc1ccc(-c2c(-c3ccccc3)c(-c3ccccc3)c(-c3ccc(-c4c(-c5ccccc5)c(-c5ccccc5)c(-c5ccc(OC)cc5)c(-c5ccc(OC)cc5)c4-c4ccccc4)cc3)c(-c3ccccc3)c2-c2ccc(OC)cc2)cc1. The van der Waals surface area contributed by atoms with Crippen LogP contribution in [0.3, 0.4) is 0 Å². The third-order valence-electron chi connectivity index (χ3n) is 16.4. The van der Waals surface area contributed by atoms with E-state index in [-0.39, 0.29) is 0 Å². The summed E-state index contributed by atoms with van der Waals surface area (Å²) in [4.78, 5) is 0. The van der Waals surface area contributed by atoms with Crippen LogP contribution in [0.15, 0.2) is 303 Å². The first kappa shape index (κ1) is 54.3. The lowest BCUT2D eigenvalue weighted by molar-refractivity contribution is 0.414. The van der Waals surface area contributed by atoms with Crippen LogP contribution in [0.4, 0.5) is 0 Å². The predicted octanol–water partition coefficient (Wildman–Crippen LogP) is 21.7. The summed E-state index contributed by atoms with van der Waals surface area (Å²) in [5.41, 5.74) is 26.3. The maximum Gasteiger partial charge on any atom is 0.118 e. The van der Waals surface area contributed by atoms with Crippen molar-refractivity contribution in [2.45, 2.75) is 0 Å². The van der Waals surface area contributed by atoms with Crippen molar-refractivity contribution in [1.82, 2.24) is 0 Å². The van der Waals surface area contributed by atoms with Crippen LogP contribution in [0.1, 0.15) is 0 Å². The lowest BCUT2D eigenvalue weighted by atomic mass is 9.73. The third kappa shape index (κ3) is 10.4. The van der Waals surface area contributed by atoms with Gasteiger partial charge in [0, 0.05) is 0 Å². The average Bonchev–Trinajstić information content (AvgIpc) is 0.780. The van der Waals surface area contributed by atoms with Crippen molar-refractivity contribution < 1.29 is 18.9 Å². The summed E-state index contributed by atoms with van der Waals surface area (Å²) in [6.07, 6.45) is 0. The monoisotopic (exact) mass is 1110 g/mol. The average molecular weight is 1110 g/mol. The van der Waals surface area contributed by atoms with Gasteiger partial charge in [-0.15, -0.1) is 0 Å². The smallest absolute Gasteiger partial charge is 0.118 e.